The highest BCUT2D eigenvalue weighted by atomic mass is 32.2. The summed E-state index contributed by atoms with van der Waals surface area (Å²) in [7, 11) is -3.56. The zero-order chi connectivity index (χ0) is 13.4. The topological polar surface area (TPSA) is 85.1 Å². The fraction of sp³-hybridized carbons (Fsp3) is 0.583. The van der Waals surface area contributed by atoms with Gasteiger partial charge >= 0.3 is 0 Å². The lowest BCUT2D eigenvalue weighted by Gasteiger charge is -2.20. The van der Waals surface area contributed by atoms with Crippen LogP contribution in [0.3, 0.4) is 0 Å². The summed E-state index contributed by atoms with van der Waals surface area (Å²) < 4.78 is 26.9. The van der Waals surface area contributed by atoms with Crippen molar-refractivity contribution >= 4 is 15.7 Å². The highest BCUT2D eigenvalue weighted by Gasteiger charge is 2.45. The molecule has 0 aliphatic heterocycles. The van der Waals surface area contributed by atoms with E-state index < -0.39 is 10.0 Å². The monoisotopic (exact) mass is 269 g/mol. The van der Waals surface area contributed by atoms with Crippen LogP contribution >= 0.6 is 0 Å². The van der Waals surface area contributed by atoms with Gasteiger partial charge in [-0.1, -0.05) is 13.8 Å². The average Bonchev–Trinajstić information content (AvgIpc) is 3.08. The summed E-state index contributed by atoms with van der Waals surface area (Å²) >= 11 is 0. The number of hydrogen-bond donors (Lipinski definition) is 2. The Hall–Kier alpha value is -1.14. The second kappa shape index (κ2) is 4.51. The smallest absolute Gasteiger partial charge is 0.244 e. The molecule has 2 rings (SSSR count). The molecule has 1 aliphatic rings. The van der Waals surface area contributed by atoms with Crippen LogP contribution < -0.4 is 10.5 Å². The van der Waals surface area contributed by atoms with Gasteiger partial charge < -0.3 is 5.73 Å². The van der Waals surface area contributed by atoms with Gasteiger partial charge in [-0.25, -0.2) is 13.1 Å². The minimum atomic E-state index is -3.56. The highest BCUT2D eigenvalue weighted by Crippen LogP contribution is 2.51. The van der Waals surface area contributed by atoms with E-state index >= 15 is 0 Å². The van der Waals surface area contributed by atoms with Crippen molar-refractivity contribution in [2.24, 2.45) is 11.3 Å². The Bertz CT molecular complexity index is 536. The molecule has 0 radical (unpaired) electrons. The van der Waals surface area contributed by atoms with E-state index in [1.165, 1.54) is 18.5 Å². The number of nitrogens with zero attached hydrogens (tertiary/aromatic N) is 1. The lowest BCUT2D eigenvalue weighted by Crippen LogP contribution is -2.33. The van der Waals surface area contributed by atoms with Crippen LogP contribution in [0.4, 0.5) is 5.69 Å². The summed E-state index contributed by atoms with van der Waals surface area (Å²) in [6, 6.07) is 1.49. The van der Waals surface area contributed by atoms with Crippen molar-refractivity contribution in [1.82, 2.24) is 9.71 Å². The Kier molecular flexibility index (Phi) is 3.33. The SMILES string of the molecule is CC(C)C1(CNS(=O)(=O)c2cnccc2N)CC1. The Morgan fingerprint density at radius 2 is 2.17 bits per heavy atom. The van der Waals surface area contributed by atoms with Crippen LogP contribution in [-0.2, 0) is 10.0 Å². The molecule has 1 aromatic heterocycles. The maximum absolute atomic E-state index is 12.1. The number of nitrogens with one attached hydrogen (secondary N) is 1. The van der Waals surface area contributed by atoms with E-state index in [0.29, 0.717) is 12.5 Å². The van der Waals surface area contributed by atoms with Crippen LogP contribution in [0.1, 0.15) is 26.7 Å². The van der Waals surface area contributed by atoms with Crippen LogP contribution in [0.25, 0.3) is 0 Å². The lowest BCUT2D eigenvalue weighted by molar-refractivity contribution is 0.357. The molecule has 0 spiro atoms. The fourth-order valence-corrected chi connectivity index (χ4v) is 3.26. The van der Waals surface area contributed by atoms with Gasteiger partial charge in [0, 0.05) is 18.9 Å². The summed E-state index contributed by atoms with van der Waals surface area (Å²) in [5.74, 6) is 0.478. The van der Waals surface area contributed by atoms with Crippen molar-refractivity contribution in [2.45, 2.75) is 31.6 Å². The van der Waals surface area contributed by atoms with Crippen LogP contribution in [-0.4, -0.2) is 19.9 Å². The summed E-state index contributed by atoms with van der Waals surface area (Å²) in [5.41, 5.74) is 6.02. The number of sulfonamides is 1. The van der Waals surface area contributed by atoms with Crippen LogP contribution in [0, 0.1) is 11.3 Å². The lowest BCUT2D eigenvalue weighted by atomic mass is 9.93. The largest absolute Gasteiger partial charge is 0.398 e. The quantitative estimate of drug-likeness (QED) is 0.845. The van der Waals surface area contributed by atoms with E-state index in [-0.39, 0.29) is 16.0 Å². The molecule has 18 heavy (non-hydrogen) atoms. The zero-order valence-corrected chi connectivity index (χ0v) is 11.5. The number of anilines is 1. The molecule has 5 nitrogen and oxygen atoms in total. The van der Waals surface area contributed by atoms with Gasteiger partial charge in [0.25, 0.3) is 0 Å². The third-order valence-electron chi connectivity index (χ3n) is 3.84. The van der Waals surface area contributed by atoms with Crippen LogP contribution in [0.2, 0.25) is 0 Å². The molecule has 0 bridgehead atoms. The second-order valence-electron chi connectivity index (χ2n) is 5.26. The first-order valence-corrected chi connectivity index (χ1v) is 7.55. The van der Waals surface area contributed by atoms with Crippen molar-refractivity contribution in [2.75, 3.05) is 12.3 Å². The summed E-state index contributed by atoms with van der Waals surface area (Å²) in [4.78, 5) is 3.87. The Morgan fingerprint density at radius 3 is 2.67 bits per heavy atom. The van der Waals surface area contributed by atoms with E-state index in [2.05, 4.69) is 23.6 Å². The molecule has 3 N–H and O–H groups in total. The number of aromatic nitrogens is 1. The maximum atomic E-state index is 12.1. The van der Waals surface area contributed by atoms with Crippen molar-refractivity contribution < 1.29 is 8.42 Å². The van der Waals surface area contributed by atoms with E-state index in [1.807, 2.05) is 0 Å². The molecule has 1 fully saturated rings. The first kappa shape index (κ1) is 13.3. The second-order valence-corrected chi connectivity index (χ2v) is 6.99. The minimum Gasteiger partial charge on any atom is -0.398 e. The first-order valence-electron chi connectivity index (χ1n) is 6.06. The molecule has 0 unspecified atom stereocenters. The molecule has 1 aliphatic carbocycles. The van der Waals surface area contributed by atoms with Crippen molar-refractivity contribution in [3.63, 3.8) is 0 Å². The Labute approximate surface area is 108 Å². The summed E-state index contributed by atoms with van der Waals surface area (Å²) in [6.07, 6.45) is 4.92. The molecule has 6 heteroatoms. The molecular formula is C12H19N3O2S. The minimum absolute atomic E-state index is 0.0598. The van der Waals surface area contributed by atoms with Crippen molar-refractivity contribution in [3.05, 3.63) is 18.5 Å². The first-order chi connectivity index (χ1) is 8.37. The highest BCUT2D eigenvalue weighted by molar-refractivity contribution is 7.89. The Morgan fingerprint density at radius 1 is 1.50 bits per heavy atom. The normalized spacial score (nSPS) is 17.9. The predicted molar refractivity (Wildman–Crippen MR) is 70.3 cm³/mol. The summed E-state index contributed by atoms with van der Waals surface area (Å²) in [6.45, 7) is 4.72. The van der Waals surface area contributed by atoms with Crippen LogP contribution in [0.15, 0.2) is 23.4 Å². The van der Waals surface area contributed by atoms with E-state index in [0.717, 1.165) is 12.8 Å². The van der Waals surface area contributed by atoms with Gasteiger partial charge in [0.15, 0.2) is 0 Å². The average molecular weight is 269 g/mol. The molecule has 100 valence electrons. The van der Waals surface area contributed by atoms with Crippen molar-refractivity contribution in [1.29, 1.82) is 0 Å². The number of pyridine rings is 1. The van der Waals surface area contributed by atoms with Gasteiger partial charge in [-0.15, -0.1) is 0 Å². The molecule has 0 amide bonds. The van der Waals surface area contributed by atoms with Gasteiger partial charge in [-0.05, 0) is 30.2 Å². The molecule has 0 atom stereocenters. The predicted octanol–water partition coefficient (Wildman–Crippen LogP) is 1.38. The standard InChI is InChI=1S/C12H19N3O2S/c1-9(2)12(4-5-12)8-15-18(16,17)11-7-14-6-3-10(11)13/h3,6-7,9,15H,4-5,8H2,1-2H3,(H2,13,14). The van der Waals surface area contributed by atoms with Gasteiger partial charge in [-0.2, -0.15) is 0 Å². The maximum Gasteiger partial charge on any atom is 0.244 e. The third-order valence-corrected chi connectivity index (χ3v) is 5.28. The molecule has 1 aromatic rings. The number of nitrogens with two attached hydrogens (primary N) is 1. The van der Waals surface area contributed by atoms with Gasteiger partial charge in [0.1, 0.15) is 4.90 Å². The molecule has 1 saturated carbocycles. The number of hydrogen-bond acceptors (Lipinski definition) is 4. The Balaban J connectivity index is 2.12. The molecule has 0 saturated heterocycles. The van der Waals surface area contributed by atoms with Gasteiger partial charge in [0.05, 0.1) is 5.69 Å². The number of nitrogen functional groups attached to an aromatic ring is 1. The molecule has 0 aromatic carbocycles. The molecule has 1 heterocycles. The van der Waals surface area contributed by atoms with Gasteiger partial charge in [-0.3, -0.25) is 4.98 Å². The zero-order valence-electron chi connectivity index (χ0n) is 10.7. The molecular weight excluding hydrogens is 250 g/mol. The van der Waals surface area contributed by atoms with E-state index in [9.17, 15) is 8.42 Å². The number of rotatable bonds is 5. The third kappa shape index (κ3) is 2.49. The van der Waals surface area contributed by atoms with Crippen molar-refractivity contribution in [3.8, 4) is 0 Å². The van der Waals surface area contributed by atoms with E-state index in [1.54, 1.807) is 0 Å². The van der Waals surface area contributed by atoms with Gasteiger partial charge in [0.2, 0.25) is 10.0 Å². The summed E-state index contributed by atoms with van der Waals surface area (Å²) in [5, 5.41) is 0. The van der Waals surface area contributed by atoms with Crippen LogP contribution in [0.5, 0.6) is 0 Å². The fourth-order valence-electron chi connectivity index (χ4n) is 2.05. The van der Waals surface area contributed by atoms with E-state index in [4.69, 9.17) is 5.73 Å².